The van der Waals surface area contributed by atoms with Gasteiger partial charge in [-0.2, -0.15) is 9.82 Å². The highest BCUT2D eigenvalue weighted by Crippen LogP contribution is 2.37. The molecule has 0 spiro atoms. The second kappa shape index (κ2) is 6.74. The van der Waals surface area contributed by atoms with Crippen molar-refractivity contribution < 1.29 is 22.3 Å². The van der Waals surface area contributed by atoms with Gasteiger partial charge in [-0.3, -0.25) is 4.68 Å². The number of aromatic nitrogens is 2. The molecule has 136 valence electrons. The molecule has 1 fully saturated rings. The van der Waals surface area contributed by atoms with Crippen LogP contribution in [0, 0.1) is 5.82 Å². The summed E-state index contributed by atoms with van der Waals surface area (Å²) in [6, 6.07) is 6.13. The lowest BCUT2D eigenvalue weighted by Crippen LogP contribution is -2.50. The molecular weight excluding hydrogens is 349 g/mol. The van der Waals surface area contributed by atoms with Crippen molar-refractivity contribution in [1.29, 1.82) is 0 Å². The summed E-state index contributed by atoms with van der Waals surface area (Å²) < 4.78 is 55.0. The van der Waals surface area contributed by atoms with E-state index in [4.69, 9.17) is 9.47 Å². The summed E-state index contributed by atoms with van der Waals surface area (Å²) >= 11 is 0. The highest BCUT2D eigenvalue weighted by molar-refractivity contribution is 7.89. The minimum Gasteiger partial charge on any atom is -0.494 e. The lowest BCUT2D eigenvalue weighted by Gasteiger charge is -2.38. The fourth-order valence-corrected chi connectivity index (χ4v) is 4.69. The molecule has 1 N–H and O–H groups in total. The van der Waals surface area contributed by atoms with Crippen LogP contribution in [0.15, 0.2) is 35.5 Å². The Hall–Kier alpha value is -1.97. The molecule has 9 heteroatoms. The van der Waals surface area contributed by atoms with Gasteiger partial charge in [0.1, 0.15) is 0 Å². The first-order chi connectivity index (χ1) is 11.9. The van der Waals surface area contributed by atoms with Gasteiger partial charge in [-0.05, 0) is 25.0 Å². The first-order valence-corrected chi connectivity index (χ1v) is 9.31. The maximum atomic E-state index is 14.9. The third-order valence-corrected chi connectivity index (χ3v) is 6.04. The van der Waals surface area contributed by atoms with Gasteiger partial charge in [-0.15, -0.1) is 0 Å². The second-order valence-corrected chi connectivity index (χ2v) is 7.54. The Labute approximate surface area is 145 Å². The van der Waals surface area contributed by atoms with Crippen molar-refractivity contribution in [2.45, 2.75) is 23.4 Å². The quantitative estimate of drug-likeness (QED) is 0.865. The van der Waals surface area contributed by atoms with E-state index < -0.39 is 21.4 Å². The summed E-state index contributed by atoms with van der Waals surface area (Å²) in [6.45, 7) is 0.648. The van der Waals surface area contributed by atoms with Gasteiger partial charge in [0.25, 0.3) is 10.0 Å². The molecule has 0 amide bonds. The Kier molecular flexibility index (Phi) is 4.81. The number of rotatable bonds is 5. The number of methoxy groups -OCH3 is 1. The Morgan fingerprint density at radius 2 is 2.04 bits per heavy atom. The monoisotopic (exact) mass is 369 g/mol. The molecule has 3 rings (SSSR count). The van der Waals surface area contributed by atoms with Crippen LogP contribution in [0.4, 0.5) is 4.39 Å². The third-order valence-electron chi connectivity index (χ3n) is 4.43. The fourth-order valence-electron chi connectivity index (χ4n) is 3.12. The first kappa shape index (κ1) is 17.8. The molecule has 1 aliphatic heterocycles. The number of benzene rings is 1. The SMILES string of the molecule is COc1cccc(C2(NS(=O)(=O)c3ccnn3C)CCOCC2)c1F. The molecule has 0 saturated carbocycles. The molecule has 2 aromatic rings. The highest BCUT2D eigenvalue weighted by Gasteiger charge is 2.41. The average molecular weight is 369 g/mol. The zero-order chi connectivity index (χ0) is 18.1. The first-order valence-electron chi connectivity index (χ1n) is 7.82. The Morgan fingerprint density at radius 1 is 1.32 bits per heavy atom. The predicted octanol–water partition coefficient (Wildman–Crippen LogP) is 1.55. The van der Waals surface area contributed by atoms with E-state index in [-0.39, 0.29) is 16.3 Å². The molecule has 0 unspecified atom stereocenters. The van der Waals surface area contributed by atoms with Crippen molar-refractivity contribution in [3.63, 3.8) is 0 Å². The van der Waals surface area contributed by atoms with Crippen LogP contribution in [-0.2, 0) is 27.3 Å². The van der Waals surface area contributed by atoms with Gasteiger partial charge in [-0.1, -0.05) is 12.1 Å². The van der Waals surface area contributed by atoms with E-state index in [1.807, 2.05) is 0 Å². The molecule has 1 saturated heterocycles. The van der Waals surface area contributed by atoms with Crippen LogP contribution in [0.25, 0.3) is 0 Å². The van der Waals surface area contributed by atoms with E-state index in [2.05, 4.69) is 9.82 Å². The van der Waals surface area contributed by atoms with Gasteiger partial charge in [-0.25, -0.2) is 12.8 Å². The van der Waals surface area contributed by atoms with Gasteiger partial charge in [0, 0.05) is 25.8 Å². The zero-order valence-electron chi connectivity index (χ0n) is 14.0. The number of hydrogen-bond donors (Lipinski definition) is 1. The van der Waals surface area contributed by atoms with Crippen molar-refractivity contribution in [3.05, 3.63) is 41.8 Å². The minimum atomic E-state index is -3.90. The van der Waals surface area contributed by atoms with E-state index in [9.17, 15) is 12.8 Å². The summed E-state index contributed by atoms with van der Waals surface area (Å²) in [5, 5.41) is 3.91. The van der Waals surface area contributed by atoms with Crippen LogP contribution in [0.3, 0.4) is 0 Å². The summed E-state index contributed by atoms with van der Waals surface area (Å²) in [4.78, 5) is 0. The number of aryl methyl sites for hydroxylation is 1. The molecule has 0 atom stereocenters. The van der Waals surface area contributed by atoms with Crippen LogP contribution in [-0.4, -0.2) is 38.5 Å². The topological polar surface area (TPSA) is 82.5 Å². The van der Waals surface area contributed by atoms with Crippen molar-refractivity contribution in [1.82, 2.24) is 14.5 Å². The van der Waals surface area contributed by atoms with Gasteiger partial charge in [0.2, 0.25) is 0 Å². The van der Waals surface area contributed by atoms with Crippen molar-refractivity contribution in [2.24, 2.45) is 7.05 Å². The van der Waals surface area contributed by atoms with E-state index in [1.54, 1.807) is 12.1 Å². The van der Waals surface area contributed by atoms with Crippen LogP contribution in [0.2, 0.25) is 0 Å². The number of nitrogens with one attached hydrogen (secondary N) is 1. The van der Waals surface area contributed by atoms with Crippen LogP contribution >= 0.6 is 0 Å². The van der Waals surface area contributed by atoms with Gasteiger partial charge in [0.05, 0.1) is 18.8 Å². The molecule has 25 heavy (non-hydrogen) atoms. The van der Waals surface area contributed by atoms with Crippen LogP contribution < -0.4 is 9.46 Å². The van der Waals surface area contributed by atoms with Crippen molar-refractivity contribution in [2.75, 3.05) is 20.3 Å². The van der Waals surface area contributed by atoms with Gasteiger partial charge < -0.3 is 9.47 Å². The van der Waals surface area contributed by atoms with E-state index in [0.717, 1.165) is 0 Å². The molecule has 1 aromatic heterocycles. The second-order valence-electron chi connectivity index (χ2n) is 5.91. The maximum absolute atomic E-state index is 14.9. The lowest BCUT2D eigenvalue weighted by atomic mass is 9.83. The van der Waals surface area contributed by atoms with Crippen molar-refractivity contribution in [3.8, 4) is 5.75 Å². The molecule has 1 aromatic carbocycles. The molecule has 7 nitrogen and oxygen atoms in total. The smallest absolute Gasteiger partial charge is 0.258 e. The van der Waals surface area contributed by atoms with E-state index in [0.29, 0.717) is 26.1 Å². The van der Waals surface area contributed by atoms with Gasteiger partial charge in [0.15, 0.2) is 16.6 Å². The molecule has 0 bridgehead atoms. The number of hydrogen-bond acceptors (Lipinski definition) is 5. The summed E-state index contributed by atoms with van der Waals surface area (Å²) in [5.41, 5.74) is -0.860. The number of nitrogens with zero attached hydrogens (tertiary/aromatic N) is 2. The van der Waals surface area contributed by atoms with Gasteiger partial charge >= 0.3 is 0 Å². The zero-order valence-corrected chi connectivity index (χ0v) is 14.8. The van der Waals surface area contributed by atoms with E-state index >= 15 is 0 Å². The molecule has 1 aliphatic rings. The standard InChI is InChI=1S/C16H20FN3O4S/c1-20-14(6-9-18-20)25(21,22)19-16(7-10-24-11-8-16)12-4-3-5-13(23-2)15(12)17/h3-6,9,19H,7-8,10-11H2,1-2H3. The van der Waals surface area contributed by atoms with Crippen LogP contribution in [0.1, 0.15) is 18.4 Å². The number of sulfonamides is 1. The normalized spacial score (nSPS) is 17.4. The van der Waals surface area contributed by atoms with Crippen molar-refractivity contribution >= 4 is 10.0 Å². The largest absolute Gasteiger partial charge is 0.494 e. The molecular formula is C16H20FN3O4S. The third kappa shape index (κ3) is 3.26. The lowest BCUT2D eigenvalue weighted by molar-refractivity contribution is 0.0444. The number of ether oxygens (including phenoxy) is 2. The summed E-state index contributed by atoms with van der Waals surface area (Å²) in [7, 11) is -0.990. The average Bonchev–Trinajstić information content (AvgIpc) is 3.02. The van der Waals surface area contributed by atoms with E-state index in [1.165, 1.54) is 37.2 Å². The number of halogens is 1. The maximum Gasteiger partial charge on any atom is 0.258 e. The molecule has 0 radical (unpaired) electrons. The Bertz CT molecular complexity index is 860. The molecule has 2 heterocycles. The van der Waals surface area contributed by atoms with Crippen LogP contribution in [0.5, 0.6) is 5.75 Å². The molecule has 0 aliphatic carbocycles. The predicted molar refractivity (Wildman–Crippen MR) is 88.2 cm³/mol. The summed E-state index contributed by atoms with van der Waals surface area (Å²) in [6.07, 6.45) is 2.03. The fraction of sp³-hybridized carbons (Fsp3) is 0.438. The highest BCUT2D eigenvalue weighted by atomic mass is 32.2. The Balaban J connectivity index is 2.08. The summed E-state index contributed by atoms with van der Waals surface area (Å²) in [5.74, 6) is -0.497. The minimum absolute atomic E-state index is 0.0154. The Morgan fingerprint density at radius 3 is 2.64 bits per heavy atom.